The smallest absolute Gasteiger partial charge is 0.330 e. The fourth-order valence-electron chi connectivity index (χ4n) is 2.56. The van der Waals surface area contributed by atoms with E-state index in [1.807, 2.05) is 0 Å². The summed E-state index contributed by atoms with van der Waals surface area (Å²) in [6.45, 7) is 0.480. The number of nitrogens with one attached hydrogen (secondary N) is 1. The van der Waals surface area contributed by atoms with Gasteiger partial charge in [-0.15, -0.1) is 0 Å². The number of aliphatic imine (C=N–C) groups is 1. The van der Waals surface area contributed by atoms with Crippen LogP contribution >= 0.6 is 22.6 Å². The van der Waals surface area contributed by atoms with Gasteiger partial charge in [0.15, 0.2) is 0 Å². The lowest BCUT2D eigenvalue weighted by Crippen LogP contribution is -2.42. The molecule has 0 spiro atoms. The predicted octanol–water partition coefficient (Wildman–Crippen LogP) is 1.87. The number of rotatable bonds is 3. The van der Waals surface area contributed by atoms with E-state index in [4.69, 9.17) is 4.74 Å². The standard InChI is InChI=1S/C14H15IN2O2/c1-19-12(18)11-8-16-13(17-11)14(6-7-14)9-2-4-10(15)5-3-9/h2-5,11H,6-8H2,1H3,(H,16,17). The summed E-state index contributed by atoms with van der Waals surface area (Å²) >= 11 is 2.30. The second-order valence-electron chi connectivity index (χ2n) is 5.00. The van der Waals surface area contributed by atoms with Crippen molar-refractivity contribution < 1.29 is 9.53 Å². The van der Waals surface area contributed by atoms with Crippen LogP contribution in [0.3, 0.4) is 0 Å². The van der Waals surface area contributed by atoms with Gasteiger partial charge in [-0.25, -0.2) is 4.79 Å². The van der Waals surface area contributed by atoms with E-state index >= 15 is 0 Å². The lowest BCUT2D eigenvalue weighted by molar-refractivity contribution is -0.142. The minimum Gasteiger partial charge on any atom is -0.467 e. The Kier molecular flexibility index (Phi) is 3.24. The molecule has 19 heavy (non-hydrogen) atoms. The molecular formula is C14H15IN2O2. The highest BCUT2D eigenvalue weighted by molar-refractivity contribution is 14.1. The third kappa shape index (κ3) is 2.24. The van der Waals surface area contributed by atoms with Gasteiger partial charge in [-0.1, -0.05) is 12.1 Å². The van der Waals surface area contributed by atoms with E-state index in [-0.39, 0.29) is 17.4 Å². The topological polar surface area (TPSA) is 50.7 Å². The first kappa shape index (κ1) is 12.9. The summed E-state index contributed by atoms with van der Waals surface area (Å²) in [7, 11) is 1.41. The second kappa shape index (κ2) is 4.77. The Morgan fingerprint density at radius 2 is 2.11 bits per heavy atom. The number of nitrogens with zero attached hydrogens (tertiary/aromatic N) is 1. The van der Waals surface area contributed by atoms with Crippen molar-refractivity contribution >= 4 is 34.4 Å². The van der Waals surface area contributed by atoms with Crippen molar-refractivity contribution in [2.24, 2.45) is 4.99 Å². The maximum absolute atomic E-state index is 11.5. The van der Waals surface area contributed by atoms with Gasteiger partial charge in [0.2, 0.25) is 0 Å². The zero-order valence-electron chi connectivity index (χ0n) is 10.6. The van der Waals surface area contributed by atoms with E-state index in [1.54, 1.807) is 0 Å². The molecule has 0 saturated heterocycles. The molecule has 1 aliphatic carbocycles. The number of benzene rings is 1. The van der Waals surface area contributed by atoms with Gasteiger partial charge in [0, 0.05) is 3.57 Å². The van der Waals surface area contributed by atoms with E-state index in [0.29, 0.717) is 6.54 Å². The van der Waals surface area contributed by atoms with Crippen molar-refractivity contribution in [2.45, 2.75) is 24.3 Å². The summed E-state index contributed by atoms with van der Waals surface area (Å²) in [5.41, 5.74) is 1.29. The molecule has 3 rings (SSSR count). The molecule has 1 atom stereocenters. The van der Waals surface area contributed by atoms with E-state index in [9.17, 15) is 4.79 Å². The average molecular weight is 370 g/mol. The molecule has 1 fully saturated rings. The second-order valence-corrected chi connectivity index (χ2v) is 6.24. The molecule has 1 saturated carbocycles. The van der Waals surface area contributed by atoms with Crippen LogP contribution in [0, 0.1) is 3.57 Å². The largest absolute Gasteiger partial charge is 0.467 e. The van der Waals surface area contributed by atoms with Crippen LogP contribution in [0.4, 0.5) is 0 Å². The normalized spacial score (nSPS) is 23.5. The van der Waals surface area contributed by atoms with Crippen LogP contribution in [0.15, 0.2) is 29.3 Å². The number of amidine groups is 1. The molecule has 5 heteroatoms. The van der Waals surface area contributed by atoms with Crippen molar-refractivity contribution in [2.75, 3.05) is 13.7 Å². The fraction of sp³-hybridized carbons (Fsp3) is 0.429. The Morgan fingerprint density at radius 3 is 2.68 bits per heavy atom. The number of hydrogen-bond donors (Lipinski definition) is 1. The molecule has 0 radical (unpaired) electrons. The quantitative estimate of drug-likeness (QED) is 0.653. The molecule has 100 valence electrons. The van der Waals surface area contributed by atoms with Gasteiger partial charge >= 0.3 is 5.97 Å². The Balaban J connectivity index is 1.80. The Bertz CT molecular complexity index is 535. The zero-order chi connectivity index (χ0) is 13.5. The summed E-state index contributed by atoms with van der Waals surface area (Å²) < 4.78 is 5.99. The van der Waals surface area contributed by atoms with Gasteiger partial charge in [-0.2, -0.15) is 0 Å². The van der Waals surface area contributed by atoms with Crippen LogP contribution in [-0.2, 0) is 14.9 Å². The van der Waals surface area contributed by atoms with Gasteiger partial charge in [-0.05, 0) is 53.1 Å². The number of carbonyl (C=O) groups is 1. The van der Waals surface area contributed by atoms with Gasteiger partial charge in [0.05, 0.1) is 19.1 Å². The molecule has 1 heterocycles. The lowest BCUT2D eigenvalue weighted by Gasteiger charge is -2.18. The van der Waals surface area contributed by atoms with Crippen molar-refractivity contribution in [1.29, 1.82) is 0 Å². The molecule has 1 unspecified atom stereocenters. The molecule has 0 amide bonds. The van der Waals surface area contributed by atoms with Gasteiger partial charge < -0.3 is 10.1 Å². The molecule has 0 aromatic heterocycles. The van der Waals surface area contributed by atoms with Crippen LogP contribution in [0.1, 0.15) is 18.4 Å². The molecule has 4 nitrogen and oxygen atoms in total. The molecule has 1 aliphatic heterocycles. The summed E-state index contributed by atoms with van der Waals surface area (Å²) in [5, 5.41) is 3.23. The van der Waals surface area contributed by atoms with Crippen molar-refractivity contribution in [1.82, 2.24) is 5.32 Å². The van der Waals surface area contributed by atoms with Crippen LogP contribution in [0.2, 0.25) is 0 Å². The van der Waals surface area contributed by atoms with Crippen LogP contribution < -0.4 is 5.32 Å². The highest BCUT2D eigenvalue weighted by atomic mass is 127. The molecule has 1 aromatic rings. The zero-order valence-corrected chi connectivity index (χ0v) is 12.8. The summed E-state index contributed by atoms with van der Waals surface area (Å²) in [6, 6.07) is 8.22. The Labute approximate surface area is 125 Å². The van der Waals surface area contributed by atoms with E-state index in [0.717, 1.165) is 18.7 Å². The molecule has 1 N–H and O–H groups in total. The average Bonchev–Trinajstić information content (AvgIpc) is 3.09. The lowest BCUT2D eigenvalue weighted by atomic mass is 9.94. The van der Waals surface area contributed by atoms with Crippen molar-refractivity contribution in [3.05, 3.63) is 33.4 Å². The maximum Gasteiger partial charge on any atom is 0.330 e. The summed E-state index contributed by atoms with van der Waals surface area (Å²) in [4.78, 5) is 16.1. The number of methoxy groups -OCH3 is 1. The van der Waals surface area contributed by atoms with Crippen molar-refractivity contribution in [3.8, 4) is 0 Å². The van der Waals surface area contributed by atoms with Crippen LogP contribution in [0.25, 0.3) is 0 Å². The van der Waals surface area contributed by atoms with E-state index in [2.05, 4.69) is 57.2 Å². The number of hydrogen-bond acceptors (Lipinski definition) is 4. The van der Waals surface area contributed by atoms with Crippen LogP contribution in [-0.4, -0.2) is 31.5 Å². The Hall–Kier alpha value is -1.11. The first-order valence-electron chi connectivity index (χ1n) is 6.31. The predicted molar refractivity (Wildman–Crippen MR) is 81.3 cm³/mol. The van der Waals surface area contributed by atoms with Crippen molar-refractivity contribution in [3.63, 3.8) is 0 Å². The SMILES string of the molecule is COC(=O)C1CN=C(C2(c3ccc(I)cc3)CC2)N1. The van der Waals surface area contributed by atoms with Gasteiger partial charge in [0.1, 0.15) is 11.9 Å². The van der Waals surface area contributed by atoms with Gasteiger partial charge in [-0.3, -0.25) is 4.99 Å². The monoisotopic (exact) mass is 370 g/mol. The number of halogens is 1. The number of ether oxygens (including phenoxy) is 1. The minimum absolute atomic E-state index is 0.00705. The van der Waals surface area contributed by atoms with E-state index in [1.165, 1.54) is 16.2 Å². The first-order chi connectivity index (χ1) is 9.15. The number of esters is 1. The third-order valence-electron chi connectivity index (χ3n) is 3.83. The van der Waals surface area contributed by atoms with Crippen LogP contribution in [0.5, 0.6) is 0 Å². The van der Waals surface area contributed by atoms with E-state index < -0.39 is 0 Å². The highest BCUT2D eigenvalue weighted by Gasteiger charge is 2.51. The highest BCUT2D eigenvalue weighted by Crippen LogP contribution is 2.49. The first-order valence-corrected chi connectivity index (χ1v) is 7.39. The maximum atomic E-state index is 11.5. The molecule has 0 bridgehead atoms. The van der Waals surface area contributed by atoms with Gasteiger partial charge in [0.25, 0.3) is 0 Å². The minimum atomic E-state index is -0.318. The summed E-state index contributed by atoms with van der Waals surface area (Å²) in [5.74, 6) is 0.710. The fourth-order valence-corrected chi connectivity index (χ4v) is 2.92. The summed E-state index contributed by atoms with van der Waals surface area (Å²) in [6.07, 6.45) is 2.18. The third-order valence-corrected chi connectivity index (χ3v) is 4.55. The molecular weight excluding hydrogens is 355 g/mol. The number of carbonyl (C=O) groups excluding carboxylic acids is 1. The Morgan fingerprint density at radius 1 is 1.42 bits per heavy atom. The molecule has 2 aliphatic rings. The molecule has 1 aromatic carbocycles.